The second kappa shape index (κ2) is 5.97. The number of nitrogens with one attached hydrogen (secondary N) is 1. The molecule has 0 spiro atoms. The topological polar surface area (TPSA) is 50.8 Å². The highest BCUT2D eigenvalue weighted by Crippen LogP contribution is 2.34. The largest absolute Gasteiger partial charge is 0.495 e. The smallest absolute Gasteiger partial charge is 0.221 e. The van der Waals surface area contributed by atoms with Crippen LogP contribution in [0.5, 0.6) is 11.5 Å². The molecule has 0 bridgehead atoms. The molecule has 114 valence electrons. The number of fused-ring (bicyclic) bond motifs is 1. The molecule has 1 aliphatic rings. The van der Waals surface area contributed by atoms with Crippen LogP contribution < -0.4 is 19.7 Å². The van der Waals surface area contributed by atoms with E-state index in [9.17, 15) is 4.79 Å². The van der Waals surface area contributed by atoms with Crippen LogP contribution in [-0.4, -0.2) is 19.7 Å². The van der Waals surface area contributed by atoms with Crippen LogP contribution in [0.2, 0.25) is 0 Å². The van der Waals surface area contributed by atoms with Crippen molar-refractivity contribution in [3.05, 3.63) is 48.0 Å². The van der Waals surface area contributed by atoms with Gasteiger partial charge >= 0.3 is 0 Å². The van der Waals surface area contributed by atoms with E-state index in [4.69, 9.17) is 9.47 Å². The van der Waals surface area contributed by atoms with E-state index >= 15 is 0 Å². The third-order valence-corrected chi connectivity index (χ3v) is 3.54. The van der Waals surface area contributed by atoms with E-state index < -0.39 is 0 Å². The van der Waals surface area contributed by atoms with Gasteiger partial charge in [0.2, 0.25) is 5.91 Å². The van der Waals surface area contributed by atoms with Gasteiger partial charge in [0.15, 0.2) is 6.73 Å². The minimum atomic E-state index is -0.0849. The first-order valence-electron chi connectivity index (χ1n) is 7.08. The van der Waals surface area contributed by atoms with E-state index in [1.165, 1.54) is 6.92 Å². The first kappa shape index (κ1) is 14.3. The molecule has 0 atom stereocenters. The summed E-state index contributed by atoms with van der Waals surface area (Å²) in [5.41, 5.74) is 2.79. The highest BCUT2D eigenvalue weighted by atomic mass is 16.5. The number of carbonyl (C=O) groups excluding carboxylic acids is 1. The molecule has 2 aromatic carbocycles. The Morgan fingerprint density at radius 1 is 1.27 bits per heavy atom. The number of hydrogen-bond acceptors (Lipinski definition) is 4. The zero-order chi connectivity index (χ0) is 15.5. The molecule has 0 aliphatic carbocycles. The maximum atomic E-state index is 11.2. The summed E-state index contributed by atoms with van der Waals surface area (Å²) in [7, 11) is 1.66. The Hall–Kier alpha value is -2.69. The van der Waals surface area contributed by atoms with Crippen molar-refractivity contribution >= 4 is 17.3 Å². The fourth-order valence-electron chi connectivity index (χ4n) is 2.57. The number of benzene rings is 2. The van der Waals surface area contributed by atoms with Crippen LogP contribution in [0.25, 0.3) is 0 Å². The monoisotopic (exact) mass is 298 g/mol. The van der Waals surface area contributed by atoms with Crippen LogP contribution in [0.4, 0.5) is 11.4 Å². The number of hydrogen-bond donors (Lipinski definition) is 1. The number of methoxy groups -OCH3 is 1. The van der Waals surface area contributed by atoms with Gasteiger partial charge in [-0.1, -0.05) is 12.1 Å². The zero-order valence-corrected chi connectivity index (χ0v) is 12.6. The van der Waals surface area contributed by atoms with Crippen LogP contribution in [0.3, 0.4) is 0 Å². The van der Waals surface area contributed by atoms with Gasteiger partial charge in [-0.2, -0.15) is 0 Å². The highest BCUT2D eigenvalue weighted by molar-refractivity contribution is 5.88. The van der Waals surface area contributed by atoms with E-state index in [0.29, 0.717) is 13.3 Å². The number of carbonyl (C=O) groups is 1. The number of ether oxygens (including phenoxy) is 2. The molecule has 1 amide bonds. The van der Waals surface area contributed by atoms with Crippen molar-refractivity contribution in [1.29, 1.82) is 0 Å². The summed E-state index contributed by atoms with van der Waals surface area (Å²) in [6.45, 7) is 2.66. The lowest BCUT2D eigenvalue weighted by molar-refractivity contribution is -0.114. The average Bonchev–Trinajstić information content (AvgIpc) is 2.53. The van der Waals surface area contributed by atoms with Crippen molar-refractivity contribution in [2.45, 2.75) is 13.5 Å². The summed E-state index contributed by atoms with van der Waals surface area (Å²) in [4.78, 5) is 13.3. The summed E-state index contributed by atoms with van der Waals surface area (Å²) in [5, 5.41) is 2.79. The minimum absolute atomic E-state index is 0.0849. The summed E-state index contributed by atoms with van der Waals surface area (Å²) < 4.78 is 11.2. The van der Waals surface area contributed by atoms with Crippen LogP contribution in [-0.2, 0) is 11.3 Å². The van der Waals surface area contributed by atoms with Crippen LogP contribution >= 0.6 is 0 Å². The van der Waals surface area contributed by atoms with Crippen LogP contribution in [0.15, 0.2) is 42.5 Å². The lowest BCUT2D eigenvalue weighted by Crippen LogP contribution is -2.32. The van der Waals surface area contributed by atoms with E-state index in [1.54, 1.807) is 7.11 Å². The van der Waals surface area contributed by atoms with Crippen molar-refractivity contribution in [3.63, 3.8) is 0 Å². The van der Waals surface area contributed by atoms with Gasteiger partial charge in [0, 0.05) is 18.2 Å². The molecule has 1 aliphatic heterocycles. The Morgan fingerprint density at radius 3 is 2.86 bits per heavy atom. The molecular formula is C17H18N2O3. The standard InChI is InChI=1S/C17H18N2O3/c1-12(20)18-14-7-8-16-13(9-14)10-19(11-22-16)15-5-3-4-6-17(15)21-2/h3-9H,10-11H2,1-2H3,(H,18,20). The van der Waals surface area contributed by atoms with E-state index in [1.807, 2.05) is 42.5 Å². The molecule has 22 heavy (non-hydrogen) atoms. The van der Waals surface area contributed by atoms with Gasteiger partial charge in [0.05, 0.1) is 19.3 Å². The Bertz CT molecular complexity index is 700. The molecule has 0 saturated carbocycles. The molecule has 2 aromatic rings. The molecule has 0 fully saturated rings. The number of nitrogens with zero attached hydrogens (tertiary/aromatic N) is 1. The molecule has 0 aromatic heterocycles. The third kappa shape index (κ3) is 2.83. The van der Waals surface area contributed by atoms with E-state index in [-0.39, 0.29) is 5.91 Å². The molecule has 5 heteroatoms. The van der Waals surface area contributed by atoms with Crippen molar-refractivity contribution in [1.82, 2.24) is 0 Å². The summed E-state index contributed by atoms with van der Waals surface area (Å²) in [6.07, 6.45) is 0. The molecule has 1 heterocycles. The summed E-state index contributed by atoms with van der Waals surface area (Å²) in [5.74, 6) is 1.58. The molecule has 0 radical (unpaired) electrons. The van der Waals surface area contributed by atoms with Gasteiger partial charge < -0.3 is 19.7 Å². The van der Waals surface area contributed by atoms with Crippen molar-refractivity contribution < 1.29 is 14.3 Å². The predicted molar refractivity (Wildman–Crippen MR) is 85.4 cm³/mol. The van der Waals surface area contributed by atoms with Gasteiger partial charge in [-0.3, -0.25) is 4.79 Å². The second-order valence-corrected chi connectivity index (χ2v) is 5.15. The fourth-order valence-corrected chi connectivity index (χ4v) is 2.57. The van der Waals surface area contributed by atoms with Crippen molar-refractivity contribution in [3.8, 4) is 11.5 Å². The zero-order valence-electron chi connectivity index (χ0n) is 12.6. The van der Waals surface area contributed by atoms with Crippen molar-refractivity contribution in [2.75, 3.05) is 24.1 Å². The minimum Gasteiger partial charge on any atom is -0.495 e. The lowest BCUT2D eigenvalue weighted by atomic mass is 10.1. The molecule has 0 saturated heterocycles. The third-order valence-electron chi connectivity index (χ3n) is 3.54. The first-order valence-corrected chi connectivity index (χ1v) is 7.08. The first-order chi connectivity index (χ1) is 10.7. The van der Waals surface area contributed by atoms with Gasteiger partial charge in [0.1, 0.15) is 11.5 Å². The van der Waals surface area contributed by atoms with Crippen molar-refractivity contribution in [2.24, 2.45) is 0 Å². The van der Waals surface area contributed by atoms with Crippen LogP contribution in [0, 0.1) is 0 Å². The molecule has 5 nitrogen and oxygen atoms in total. The molecular weight excluding hydrogens is 280 g/mol. The number of amides is 1. The Kier molecular flexibility index (Phi) is 3.87. The normalized spacial score (nSPS) is 13.1. The van der Waals surface area contributed by atoms with E-state index in [0.717, 1.165) is 28.4 Å². The SMILES string of the molecule is COc1ccccc1N1COc2ccc(NC(C)=O)cc2C1. The Morgan fingerprint density at radius 2 is 2.09 bits per heavy atom. The van der Waals surface area contributed by atoms with Gasteiger partial charge in [-0.25, -0.2) is 0 Å². The highest BCUT2D eigenvalue weighted by Gasteiger charge is 2.20. The number of rotatable bonds is 3. The average molecular weight is 298 g/mol. The maximum Gasteiger partial charge on any atom is 0.221 e. The summed E-state index contributed by atoms with van der Waals surface area (Å²) in [6, 6.07) is 13.5. The number of anilines is 2. The molecule has 1 N–H and O–H groups in total. The Labute approximate surface area is 129 Å². The van der Waals surface area contributed by atoms with Gasteiger partial charge in [-0.15, -0.1) is 0 Å². The van der Waals surface area contributed by atoms with Crippen LogP contribution in [0.1, 0.15) is 12.5 Å². The Balaban J connectivity index is 1.87. The van der Waals surface area contributed by atoms with Gasteiger partial charge in [-0.05, 0) is 30.3 Å². The van der Waals surface area contributed by atoms with Gasteiger partial charge in [0.25, 0.3) is 0 Å². The fraction of sp³-hybridized carbons (Fsp3) is 0.235. The maximum absolute atomic E-state index is 11.2. The second-order valence-electron chi connectivity index (χ2n) is 5.15. The molecule has 3 rings (SSSR count). The quantitative estimate of drug-likeness (QED) is 0.946. The van der Waals surface area contributed by atoms with E-state index in [2.05, 4.69) is 10.2 Å². The summed E-state index contributed by atoms with van der Waals surface area (Å²) >= 11 is 0. The molecule has 0 unspecified atom stereocenters. The lowest BCUT2D eigenvalue weighted by Gasteiger charge is -2.31. The predicted octanol–water partition coefficient (Wildman–Crippen LogP) is 3.01. The number of para-hydroxylation sites is 2.